The zero-order valence-electron chi connectivity index (χ0n) is 19.9. The molecule has 0 saturated heterocycles. The van der Waals surface area contributed by atoms with Crippen LogP contribution in [0.25, 0.3) is 55.7 Å². The fourth-order valence-electron chi connectivity index (χ4n) is 4.17. The number of nitrogens with one attached hydrogen (secondary N) is 2. The van der Waals surface area contributed by atoms with Crippen molar-refractivity contribution in [1.82, 2.24) is 40.0 Å². The lowest BCUT2D eigenvalue weighted by atomic mass is 10.1. The van der Waals surface area contributed by atoms with E-state index < -0.39 is 0 Å². The van der Waals surface area contributed by atoms with Gasteiger partial charge in [-0.15, -0.1) is 0 Å². The van der Waals surface area contributed by atoms with Gasteiger partial charge in [-0.05, 0) is 44.4 Å². The van der Waals surface area contributed by atoms with E-state index >= 15 is 0 Å². The number of pyridine rings is 4. The Morgan fingerprint density at radius 2 is 1.78 bits per heavy atom. The molecule has 0 aromatic carbocycles. The summed E-state index contributed by atoms with van der Waals surface area (Å²) < 4.78 is 5.86. The molecular formula is C27H24N8O. The summed E-state index contributed by atoms with van der Waals surface area (Å²) in [5, 5.41) is 9.69. The van der Waals surface area contributed by atoms with E-state index in [2.05, 4.69) is 46.1 Å². The average molecular weight is 477 g/mol. The Bertz CT molecular complexity index is 1660. The highest BCUT2D eigenvalue weighted by atomic mass is 16.5. The molecule has 6 heterocycles. The molecule has 178 valence electrons. The molecule has 0 unspecified atom stereocenters. The molecule has 6 rings (SSSR count). The first kappa shape index (κ1) is 21.9. The summed E-state index contributed by atoms with van der Waals surface area (Å²) in [5.41, 5.74) is 6.98. The van der Waals surface area contributed by atoms with Crippen molar-refractivity contribution < 1.29 is 4.74 Å². The van der Waals surface area contributed by atoms with Gasteiger partial charge in [0.2, 0.25) is 0 Å². The normalized spacial score (nSPS) is 11.5. The third-order valence-electron chi connectivity index (χ3n) is 6.00. The Morgan fingerprint density at radius 3 is 2.64 bits per heavy atom. The zero-order valence-corrected chi connectivity index (χ0v) is 19.9. The van der Waals surface area contributed by atoms with E-state index in [-0.39, 0.29) is 0 Å². The maximum atomic E-state index is 5.86. The summed E-state index contributed by atoms with van der Waals surface area (Å²) in [5.74, 6) is 0.717. The lowest BCUT2D eigenvalue weighted by Crippen LogP contribution is -2.19. The molecule has 0 spiro atoms. The predicted molar refractivity (Wildman–Crippen MR) is 139 cm³/mol. The van der Waals surface area contributed by atoms with Gasteiger partial charge in [0, 0.05) is 47.0 Å². The minimum Gasteiger partial charge on any atom is -0.491 e. The fraction of sp³-hybridized carbons (Fsp3) is 0.148. The van der Waals surface area contributed by atoms with E-state index in [0.717, 1.165) is 62.3 Å². The lowest BCUT2D eigenvalue weighted by molar-refractivity contribution is 0.261. The van der Waals surface area contributed by atoms with Crippen molar-refractivity contribution in [1.29, 1.82) is 0 Å². The number of ether oxygens (including phenoxy) is 1. The third-order valence-corrected chi connectivity index (χ3v) is 6.00. The smallest absolute Gasteiger partial charge is 0.138 e. The minimum absolute atomic E-state index is 0.589. The molecule has 0 radical (unpaired) electrons. The highest BCUT2D eigenvalue weighted by Gasteiger charge is 2.15. The second kappa shape index (κ2) is 9.20. The van der Waals surface area contributed by atoms with Crippen molar-refractivity contribution in [2.24, 2.45) is 0 Å². The van der Waals surface area contributed by atoms with Gasteiger partial charge in [0.1, 0.15) is 18.1 Å². The number of aromatic amines is 2. The summed E-state index contributed by atoms with van der Waals surface area (Å²) in [6.07, 6.45) is 10.8. The minimum atomic E-state index is 0.589. The molecule has 0 saturated carbocycles. The highest BCUT2D eigenvalue weighted by Crippen LogP contribution is 2.34. The molecule has 0 amide bonds. The molecule has 36 heavy (non-hydrogen) atoms. The maximum absolute atomic E-state index is 5.86. The first-order chi connectivity index (χ1) is 17.7. The molecule has 6 aromatic rings. The van der Waals surface area contributed by atoms with Crippen molar-refractivity contribution >= 4 is 21.8 Å². The molecule has 0 fully saturated rings. The topological polar surface area (TPSA) is 109 Å². The van der Waals surface area contributed by atoms with E-state index in [1.165, 1.54) is 0 Å². The number of aromatic nitrogens is 7. The number of hydrogen-bond donors (Lipinski definition) is 2. The van der Waals surface area contributed by atoms with Crippen molar-refractivity contribution in [3.63, 3.8) is 0 Å². The number of hydrogen-bond acceptors (Lipinski definition) is 7. The maximum Gasteiger partial charge on any atom is 0.138 e. The van der Waals surface area contributed by atoms with E-state index in [4.69, 9.17) is 4.74 Å². The first-order valence-electron chi connectivity index (χ1n) is 11.6. The Kier molecular flexibility index (Phi) is 5.59. The second-order valence-corrected chi connectivity index (χ2v) is 8.79. The molecule has 9 nitrogen and oxygen atoms in total. The van der Waals surface area contributed by atoms with Crippen LogP contribution >= 0.6 is 0 Å². The number of H-pyrrole nitrogens is 2. The molecule has 0 aliphatic carbocycles. The quantitative estimate of drug-likeness (QED) is 0.348. The first-order valence-corrected chi connectivity index (χ1v) is 11.6. The summed E-state index contributed by atoms with van der Waals surface area (Å²) in [4.78, 5) is 23.4. The van der Waals surface area contributed by atoms with Crippen LogP contribution in [0, 0.1) is 0 Å². The summed E-state index contributed by atoms with van der Waals surface area (Å²) >= 11 is 0. The fourth-order valence-corrected chi connectivity index (χ4v) is 4.17. The standard InChI is InChI=1S/C27H24N8O/c1-35(2)7-8-36-18-9-17(12-28-13-18)23-11-20-26(16-31-23)33-34-27(20)24-10-19-21(14-29-15-25(19)32-24)22-5-3-4-6-30-22/h3-6,9-16,32H,7-8H2,1-2H3,(H,33,34). The van der Waals surface area contributed by atoms with E-state index in [0.29, 0.717) is 12.4 Å². The predicted octanol–water partition coefficient (Wildman–Crippen LogP) is 4.57. The molecule has 0 aliphatic rings. The largest absolute Gasteiger partial charge is 0.491 e. The number of fused-ring (bicyclic) bond motifs is 2. The van der Waals surface area contributed by atoms with Gasteiger partial charge in [-0.25, -0.2) is 0 Å². The van der Waals surface area contributed by atoms with Crippen molar-refractivity contribution in [2.75, 3.05) is 27.2 Å². The van der Waals surface area contributed by atoms with Gasteiger partial charge < -0.3 is 14.6 Å². The van der Waals surface area contributed by atoms with E-state index in [9.17, 15) is 0 Å². The summed E-state index contributed by atoms with van der Waals surface area (Å²) in [7, 11) is 4.03. The van der Waals surface area contributed by atoms with Crippen LogP contribution < -0.4 is 4.74 Å². The van der Waals surface area contributed by atoms with Crippen LogP contribution in [0.3, 0.4) is 0 Å². The Hall–Kier alpha value is -4.63. The van der Waals surface area contributed by atoms with Crippen molar-refractivity contribution in [3.8, 4) is 39.7 Å². The van der Waals surface area contributed by atoms with Gasteiger partial charge in [-0.1, -0.05) is 6.07 Å². The highest BCUT2D eigenvalue weighted by molar-refractivity contribution is 6.00. The number of nitrogens with zero attached hydrogens (tertiary/aromatic N) is 6. The van der Waals surface area contributed by atoms with Crippen LogP contribution in [-0.4, -0.2) is 67.3 Å². The Morgan fingerprint density at radius 1 is 0.861 bits per heavy atom. The third kappa shape index (κ3) is 4.16. The van der Waals surface area contributed by atoms with Gasteiger partial charge in [0.25, 0.3) is 0 Å². The molecule has 6 aromatic heterocycles. The van der Waals surface area contributed by atoms with Crippen LogP contribution in [0.5, 0.6) is 5.75 Å². The van der Waals surface area contributed by atoms with Gasteiger partial charge in [-0.3, -0.25) is 25.0 Å². The summed E-state index contributed by atoms with van der Waals surface area (Å²) in [6.45, 7) is 1.42. The Labute approximate surface area is 207 Å². The van der Waals surface area contributed by atoms with Crippen molar-refractivity contribution in [2.45, 2.75) is 0 Å². The lowest BCUT2D eigenvalue weighted by Gasteiger charge is -2.11. The average Bonchev–Trinajstić information content (AvgIpc) is 3.53. The van der Waals surface area contributed by atoms with Crippen LogP contribution in [0.1, 0.15) is 0 Å². The molecule has 0 bridgehead atoms. The molecule has 0 atom stereocenters. The SMILES string of the molecule is CN(C)CCOc1cncc(-c2cc3c(-c4cc5c(-c6ccccn6)cncc5[nH]4)n[nH]c3cn2)c1. The van der Waals surface area contributed by atoms with E-state index in [1.807, 2.05) is 56.8 Å². The zero-order chi connectivity index (χ0) is 24.5. The molecule has 2 N–H and O–H groups in total. The van der Waals surface area contributed by atoms with Crippen LogP contribution in [-0.2, 0) is 0 Å². The van der Waals surface area contributed by atoms with Gasteiger partial charge in [0.15, 0.2) is 0 Å². The number of rotatable bonds is 7. The monoisotopic (exact) mass is 476 g/mol. The Balaban J connectivity index is 1.38. The van der Waals surface area contributed by atoms with Crippen LogP contribution in [0.4, 0.5) is 0 Å². The number of likely N-dealkylation sites (N-methyl/N-ethyl adjacent to an activating group) is 1. The van der Waals surface area contributed by atoms with Gasteiger partial charge >= 0.3 is 0 Å². The second-order valence-electron chi connectivity index (χ2n) is 8.79. The van der Waals surface area contributed by atoms with Crippen molar-refractivity contribution in [3.05, 3.63) is 73.6 Å². The molecular weight excluding hydrogens is 452 g/mol. The summed E-state index contributed by atoms with van der Waals surface area (Å²) in [6, 6.07) is 11.9. The van der Waals surface area contributed by atoms with E-state index in [1.54, 1.807) is 24.8 Å². The van der Waals surface area contributed by atoms with Crippen LogP contribution in [0.15, 0.2) is 73.6 Å². The molecule has 0 aliphatic heterocycles. The van der Waals surface area contributed by atoms with Crippen LogP contribution in [0.2, 0.25) is 0 Å². The van der Waals surface area contributed by atoms with Gasteiger partial charge in [-0.2, -0.15) is 5.10 Å². The van der Waals surface area contributed by atoms with Gasteiger partial charge in [0.05, 0.1) is 46.7 Å². The molecule has 9 heteroatoms.